The molecule has 102 valence electrons. The summed E-state index contributed by atoms with van der Waals surface area (Å²) in [7, 11) is 0. The predicted octanol–water partition coefficient (Wildman–Crippen LogP) is 4.46. The second-order valence-electron chi connectivity index (χ2n) is 6.10. The Labute approximate surface area is 120 Å². The highest BCUT2D eigenvalue weighted by molar-refractivity contribution is 8.14. The molecule has 0 bridgehead atoms. The van der Waals surface area contributed by atoms with Crippen molar-refractivity contribution < 1.29 is 0 Å². The zero-order valence-corrected chi connectivity index (χ0v) is 12.6. The summed E-state index contributed by atoms with van der Waals surface area (Å²) >= 11 is 1.89. The lowest BCUT2D eigenvalue weighted by molar-refractivity contribution is 0.273. The molecule has 1 fully saturated rings. The van der Waals surface area contributed by atoms with Crippen LogP contribution in [0.2, 0.25) is 0 Å². The Morgan fingerprint density at radius 3 is 2.58 bits per heavy atom. The number of aryl methyl sites for hydroxylation is 1. The molecule has 1 spiro atoms. The van der Waals surface area contributed by atoms with Crippen molar-refractivity contribution in [2.45, 2.75) is 45.1 Å². The van der Waals surface area contributed by atoms with Gasteiger partial charge in [-0.3, -0.25) is 4.99 Å². The maximum Gasteiger partial charge on any atom is 0.161 e. The van der Waals surface area contributed by atoms with E-state index in [2.05, 4.69) is 43.4 Å². The summed E-state index contributed by atoms with van der Waals surface area (Å²) in [5, 5.41) is 4.57. The zero-order valence-electron chi connectivity index (χ0n) is 11.8. The lowest BCUT2D eigenvalue weighted by Crippen LogP contribution is -2.32. The standard InChI is InChI=1S/C16H22N2S/c1-12-3-5-14(6-4-12)17-15-18-16(11-19-15)9-7-13(2)8-10-16/h3-6,13H,7-11H2,1-2H3,(H,17,18). The third-order valence-electron chi connectivity index (χ3n) is 4.32. The Morgan fingerprint density at radius 1 is 1.21 bits per heavy atom. The SMILES string of the molecule is Cc1ccc(NC2=NC3(CCC(C)CC3)CS2)cc1. The molecule has 1 N–H and O–H groups in total. The summed E-state index contributed by atoms with van der Waals surface area (Å²) in [5.74, 6) is 2.05. The first kappa shape index (κ1) is 13.0. The van der Waals surface area contributed by atoms with Crippen molar-refractivity contribution in [1.29, 1.82) is 0 Å². The van der Waals surface area contributed by atoms with Crippen LogP contribution in [0.3, 0.4) is 0 Å². The maximum atomic E-state index is 5.00. The first-order valence-corrected chi connectivity index (χ1v) is 8.20. The number of aliphatic imine (C=N–C) groups is 1. The quantitative estimate of drug-likeness (QED) is 0.817. The van der Waals surface area contributed by atoms with Gasteiger partial charge in [-0.25, -0.2) is 0 Å². The van der Waals surface area contributed by atoms with Gasteiger partial charge in [-0.1, -0.05) is 36.4 Å². The van der Waals surface area contributed by atoms with Gasteiger partial charge in [0.1, 0.15) is 0 Å². The molecule has 19 heavy (non-hydrogen) atoms. The molecule has 1 saturated carbocycles. The monoisotopic (exact) mass is 274 g/mol. The number of benzene rings is 1. The number of amidine groups is 1. The van der Waals surface area contributed by atoms with Gasteiger partial charge in [-0.2, -0.15) is 0 Å². The maximum absolute atomic E-state index is 5.00. The van der Waals surface area contributed by atoms with Crippen molar-refractivity contribution in [2.75, 3.05) is 11.1 Å². The summed E-state index contributed by atoms with van der Waals surface area (Å²) in [6.07, 6.45) is 5.20. The van der Waals surface area contributed by atoms with Gasteiger partial charge < -0.3 is 5.32 Å². The molecule has 2 nitrogen and oxygen atoms in total. The van der Waals surface area contributed by atoms with Crippen LogP contribution in [0.5, 0.6) is 0 Å². The van der Waals surface area contributed by atoms with Gasteiger partial charge in [0.25, 0.3) is 0 Å². The van der Waals surface area contributed by atoms with Crippen molar-refractivity contribution in [2.24, 2.45) is 10.9 Å². The lowest BCUT2D eigenvalue weighted by atomic mass is 9.79. The van der Waals surface area contributed by atoms with E-state index in [1.807, 2.05) is 11.8 Å². The van der Waals surface area contributed by atoms with E-state index in [4.69, 9.17) is 4.99 Å². The first-order chi connectivity index (χ1) is 9.15. The van der Waals surface area contributed by atoms with Crippen LogP contribution >= 0.6 is 11.8 Å². The topological polar surface area (TPSA) is 24.4 Å². The van der Waals surface area contributed by atoms with E-state index >= 15 is 0 Å². The molecular formula is C16H22N2S. The average molecular weight is 274 g/mol. The van der Waals surface area contributed by atoms with Gasteiger partial charge in [0.2, 0.25) is 0 Å². The molecule has 0 radical (unpaired) electrons. The molecule has 1 aliphatic carbocycles. The normalized spacial score (nSPS) is 30.4. The van der Waals surface area contributed by atoms with Crippen LogP contribution < -0.4 is 5.32 Å². The Kier molecular flexibility index (Phi) is 3.57. The molecule has 0 amide bonds. The second-order valence-corrected chi connectivity index (χ2v) is 7.07. The third kappa shape index (κ3) is 2.97. The molecule has 0 unspecified atom stereocenters. The van der Waals surface area contributed by atoms with Gasteiger partial charge in [0.05, 0.1) is 5.54 Å². The van der Waals surface area contributed by atoms with Gasteiger partial charge in [-0.05, 0) is 50.7 Å². The van der Waals surface area contributed by atoms with E-state index in [-0.39, 0.29) is 5.54 Å². The van der Waals surface area contributed by atoms with Gasteiger partial charge in [0, 0.05) is 11.4 Å². The summed E-state index contributed by atoms with van der Waals surface area (Å²) in [5.41, 5.74) is 2.69. The summed E-state index contributed by atoms with van der Waals surface area (Å²) in [6, 6.07) is 8.54. The van der Waals surface area contributed by atoms with Crippen LogP contribution in [0.25, 0.3) is 0 Å². The first-order valence-electron chi connectivity index (χ1n) is 7.22. The number of anilines is 1. The Balaban J connectivity index is 1.68. The summed E-state index contributed by atoms with van der Waals surface area (Å²) < 4.78 is 0. The molecule has 0 atom stereocenters. The Bertz CT molecular complexity index is 470. The van der Waals surface area contributed by atoms with E-state index in [0.717, 1.165) is 22.5 Å². The molecule has 0 saturated heterocycles. The van der Waals surface area contributed by atoms with Crippen LogP contribution in [0.4, 0.5) is 5.69 Å². The summed E-state index contributed by atoms with van der Waals surface area (Å²) in [6.45, 7) is 4.48. The van der Waals surface area contributed by atoms with E-state index in [0.29, 0.717) is 0 Å². The molecule has 1 aromatic carbocycles. The van der Waals surface area contributed by atoms with E-state index in [1.54, 1.807) is 0 Å². The van der Waals surface area contributed by atoms with Crippen LogP contribution in [-0.2, 0) is 0 Å². The predicted molar refractivity (Wildman–Crippen MR) is 85.1 cm³/mol. The molecule has 1 aromatic rings. The summed E-state index contributed by atoms with van der Waals surface area (Å²) in [4.78, 5) is 5.00. The van der Waals surface area contributed by atoms with E-state index in [1.165, 1.54) is 31.2 Å². The molecule has 0 aromatic heterocycles. The highest BCUT2D eigenvalue weighted by atomic mass is 32.2. The number of nitrogens with zero attached hydrogens (tertiary/aromatic N) is 1. The van der Waals surface area contributed by atoms with Crippen LogP contribution in [0.1, 0.15) is 38.2 Å². The number of nitrogens with one attached hydrogen (secondary N) is 1. The minimum Gasteiger partial charge on any atom is -0.335 e. The number of hydrogen-bond donors (Lipinski definition) is 1. The molecule has 1 heterocycles. The largest absolute Gasteiger partial charge is 0.335 e. The third-order valence-corrected chi connectivity index (χ3v) is 5.47. The van der Waals surface area contributed by atoms with Crippen LogP contribution in [0.15, 0.2) is 29.3 Å². The highest BCUT2D eigenvalue weighted by Crippen LogP contribution is 2.41. The highest BCUT2D eigenvalue weighted by Gasteiger charge is 2.38. The van der Waals surface area contributed by atoms with E-state index in [9.17, 15) is 0 Å². The lowest BCUT2D eigenvalue weighted by Gasteiger charge is -2.32. The minimum absolute atomic E-state index is 0.240. The van der Waals surface area contributed by atoms with Crippen LogP contribution in [0, 0.1) is 12.8 Å². The Morgan fingerprint density at radius 2 is 1.89 bits per heavy atom. The van der Waals surface area contributed by atoms with Gasteiger partial charge in [0.15, 0.2) is 5.17 Å². The molecule has 1 aliphatic heterocycles. The zero-order chi connectivity index (χ0) is 13.3. The van der Waals surface area contributed by atoms with Crippen molar-refractivity contribution in [3.8, 4) is 0 Å². The fourth-order valence-corrected chi connectivity index (χ4v) is 4.07. The molecule has 3 rings (SSSR count). The molecule has 3 heteroatoms. The smallest absolute Gasteiger partial charge is 0.161 e. The van der Waals surface area contributed by atoms with Crippen molar-refractivity contribution >= 4 is 22.6 Å². The van der Waals surface area contributed by atoms with Crippen molar-refractivity contribution in [3.05, 3.63) is 29.8 Å². The minimum atomic E-state index is 0.240. The van der Waals surface area contributed by atoms with Crippen molar-refractivity contribution in [3.63, 3.8) is 0 Å². The van der Waals surface area contributed by atoms with E-state index < -0.39 is 0 Å². The number of rotatable bonds is 1. The fraction of sp³-hybridized carbons (Fsp3) is 0.562. The van der Waals surface area contributed by atoms with Crippen LogP contribution in [-0.4, -0.2) is 16.5 Å². The molecule has 2 aliphatic rings. The average Bonchev–Trinajstić information content (AvgIpc) is 2.80. The fourth-order valence-electron chi connectivity index (χ4n) is 2.86. The second kappa shape index (κ2) is 5.20. The van der Waals surface area contributed by atoms with Gasteiger partial charge >= 0.3 is 0 Å². The number of hydrogen-bond acceptors (Lipinski definition) is 3. The number of thioether (sulfide) groups is 1. The Hall–Kier alpha value is -0.960. The molecular weight excluding hydrogens is 252 g/mol. The van der Waals surface area contributed by atoms with Crippen molar-refractivity contribution in [1.82, 2.24) is 0 Å². The van der Waals surface area contributed by atoms with Gasteiger partial charge in [-0.15, -0.1) is 0 Å².